The van der Waals surface area contributed by atoms with E-state index in [0.717, 1.165) is 24.4 Å². The third-order valence-corrected chi connectivity index (χ3v) is 5.66. The summed E-state index contributed by atoms with van der Waals surface area (Å²) in [6, 6.07) is 4.08. The minimum absolute atomic E-state index is 0.241. The highest BCUT2D eigenvalue weighted by atomic mass is 32.1. The third kappa shape index (κ3) is 4.59. The Morgan fingerprint density at radius 3 is 2.64 bits per heavy atom. The average molecular weight is 382 g/mol. The number of esters is 1. The van der Waals surface area contributed by atoms with Crippen LogP contribution in [0, 0.1) is 0 Å². The number of hydrogen-bond acceptors (Lipinski definition) is 7. The zero-order valence-electron chi connectivity index (χ0n) is 14.6. The molecule has 8 heteroatoms. The molecule has 0 spiro atoms. The summed E-state index contributed by atoms with van der Waals surface area (Å²) < 4.78 is 5.14. The first-order chi connectivity index (χ1) is 12.0. The quantitative estimate of drug-likeness (QED) is 0.687. The predicted octanol–water partition coefficient (Wildman–Crippen LogP) is 2.95. The van der Waals surface area contributed by atoms with Crippen LogP contribution in [0.15, 0.2) is 17.5 Å². The second-order valence-corrected chi connectivity index (χ2v) is 7.42. The fourth-order valence-electron chi connectivity index (χ4n) is 2.49. The smallest absolute Gasteiger partial charge is 0.341 e. The maximum atomic E-state index is 12.4. The molecule has 0 atom stereocenters. The average Bonchev–Trinajstić information content (AvgIpc) is 3.21. The molecule has 2 aromatic rings. The lowest BCUT2D eigenvalue weighted by Crippen LogP contribution is -2.26. The minimum Gasteiger partial charge on any atom is -0.462 e. The van der Waals surface area contributed by atoms with Crippen LogP contribution < -0.4 is 11.1 Å². The van der Waals surface area contributed by atoms with Crippen molar-refractivity contribution in [3.05, 3.63) is 38.4 Å². The van der Waals surface area contributed by atoms with E-state index in [9.17, 15) is 9.59 Å². The van der Waals surface area contributed by atoms with Crippen LogP contribution in [0.3, 0.4) is 0 Å². The number of amides is 1. The molecule has 0 unspecified atom stereocenters. The second-order valence-electron chi connectivity index (χ2n) is 5.33. The maximum absolute atomic E-state index is 12.4. The molecule has 6 nitrogen and oxygen atoms in total. The van der Waals surface area contributed by atoms with Crippen LogP contribution in [-0.2, 0) is 17.8 Å². The molecule has 1 amide bonds. The summed E-state index contributed by atoms with van der Waals surface area (Å²) in [6.45, 7) is 6.04. The molecule has 0 radical (unpaired) electrons. The van der Waals surface area contributed by atoms with Gasteiger partial charge in [0.25, 0.3) is 5.91 Å². The highest BCUT2D eigenvalue weighted by molar-refractivity contribution is 7.18. The zero-order valence-corrected chi connectivity index (χ0v) is 16.3. The molecular weight excluding hydrogens is 358 g/mol. The topological polar surface area (TPSA) is 84.7 Å². The third-order valence-electron chi connectivity index (χ3n) is 3.74. The minimum atomic E-state index is -0.478. The first kappa shape index (κ1) is 19.4. The number of carbonyl (C=O) groups is 2. The maximum Gasteiger partial charge on any atom is 0.341 e. The first-order valence-electron chi connectivity index (χ1n) is 8.06. The Balaban J connectivity index is 2.37. The van der Waals surface area contributed by atoms with E-state index >= 15 is 0 Å². The van der Waals surface area contributed by atoms with Crippen molar-refractivity contribution in [1.82, 2.24) is 10.2 Å². The van der Waals surface area contributed by atoms with Gasteiger partial charge in [-0.1, -0.05) is 13.0 Å². The van der Waals surface area contributed by atoms with E-state index in [1.165, 1.54) is 4.88 Å². The Morgan fingerprint density at radius 2 is 2.08 bits per heavy atom. The monoisotopic (exact) mass is 381 g/mol. The summed E-state index contributed by atoms with van der Waals surface area (Å²) in [4.78, 5) is 28.5. The van der Waals surface area contributed by atoms with Crippen molar-refractivity contribution in [2.45, 2.75) is 26.9 Å². The van der Waals surface area contributed by atoms with Gasteiger partial charge >= 0.3 is 5.97 Å². The molecule has 0 aromatic carbocycles. The summed E-state index contributed by atoms with van der Waals surface area (Å²) >= 11 is 2.81. The normalized spacial score (nSPS) is 10.9. The van der Waals surface area contributed by atoms with Gasteiger partial charge in [0.2, 0.25) is 0 Å². The summed E-state index contributed by atoms with van der Waals surface area (Å²) in [5, 5.41) is 4.97. The summed E-state index contributed by atoms with van der Waals surface area (Å²) in [7, 11) is 1.56. The molecule has 0 bridgehead atoms. The van der Waals surface area contributed by atoms with Gasteiger partial charge in [-0.05, 0) is 24.9 Å². The van der Waals surface area contributed by atoms with Gasteiger partial charge in [-0.2, -0.15) is 0 Å². The Morgan fingerprint density at radius 1 is 1.32 bits per heavy atom. The number of nitrogens with one attached hydrogen (secondary N) is 1. The standard InChI is InChI=1S/C17H23N3O3S2/c1-4-20(9-11-7-6-8-24-11)10-12-13(17(22)23-5-2)15(18)25-14(12)16(21)19-3/h6-8H,4-5,9-10,18H2,1-3H3,(H,19,21). The fourth-order valence-corrected chi connectivity index (χ4v) is 4.24. The van der Waals surface area contributed by atoms with E-state index in [1.807, 2.05) is 18.4 Å². The van der Waals surface area contributed by atoms with Gasteiger partial charge in [-0.25, -0.2) is 4.79 Å². The highest BCUT2D eigenvalue weighted by Crippen LogP contribution is 2.33. The van der Waals surface area contributed by atoms with E-state index in [0.29, 0.717) is 27.5 Å². The predicted molar refractivity (Wildman–Crippen MR) is 102 cm³/mol. The molecule has 0 aliphatic carbocycles. The van der Waals surface area contributed by atoms with Gasteiger partial charge in [-0.3, -0.25) is 9.69 Å². The largest absolute Gasteiger partial charge is 0.462 e. The Kier molecular flexibility index (Phi) is 6.98. The van der Waals surface area contributed by atoms with Crippen LogP contribution in [0.4, 0.5) is 5.00 Å². The number of carbonyl (C=O) groups excluding carboxylic acids is 2. The number of ether oxygens (including phenoxy) is 1. The Hall–Kier alpha value is -1.90. The molecule has 0 aliphatic rings. The summed E-state index contributed by atoms with van der Waals surface area (Å²) in [6.07, 6.45) is 0. The van der Waals surface area contributed by atoms with E-state index < -0.39 is 5.97 Å². The lowest BCUT2D eigenvalue weighted by atomic mass is 10.1. The molecule has 3 N–H and O–H groups in total. The lowest BCUT2D eigenvalue weighted by molar-refractivity contribution is 0.0525. The van der Waals surface area contributed by atoms with Gasteiger partial charge in [-0.15, -0.1) is 22.7 Å². The van der Waals surface area contributed by atoms with Gasteiger partial charge in [0.1, 0.15) is 5.00 Å². The van der Waals surface area contributed by atoms with Crippen molar-refractivity contribution >= 4 is 39.6 Å². The van der Waals surface area contributed by atoms with Crippen molar-refractivity contribution in [2.24, 2.45) is 0 Å². The van der Waals surface area contributed by atoms with Gasteiger partial charge in [0, 0.05) is 30.6 Å². The van der Waals surface area contributed by atoms with E-state index in [1.54, 1.807) is 25.3 Å². The Labute approximate surface area is 155 Å². The molecular formula is C17H23N3O3S2. The van der Waals surface area contributed by atoms with E-state index in [2.05, 4.69) is 16.3 Å². The van der Waals surface area contributed by atoms with E-state index in [4.69, 9.17) is 10.5 Å². The van der Waals surface area contributed by atoms with Gasteiger partial charge in [0.15, 0.2) is 0 Å². The zero-order chi connectivity index (χ0) is 18.4. The van der Waals surface area contributed by atoms with Crippen LogP contribution >= 0.6 is 22.7 Å². The number of nitrogen functional groups attached to an aromatic ring is 1. The van der Waals surface area contributed by atoms with Crippen molar-refractivity contribution in [1.29, 1.82) is 0 Å². The number of thiophene rings is 2. The molecule has 0 saturated carbocycles. The fraction of sp³-hybridized carbons (Fsp3) is 0.412. The first-order valence-corrected chi connectivity index (χ1v) is 9.76. The number of anilines is 1. The number of nitrogens with two attached hydrogens (primary N) is 1. The molecule has 2 rings (SSSR count). The van der Waals surface area contributed by atoms with E-state index in [-0.39, 0.29) is 12.5 Å². The van der Waals surface area contributed by atoms with Crippen LogP contribution in [0.2, 0.25) is 0 Å². The van der Waals surface area contributed by atoms with Crippen LogP contribution in [-0.4, -0.2) is 37.0 Å². The summed E-state index contributed by atoms with van der Waals surface area (Å²) in [5.74, 6) is -0.719. The lowest BCUT2D eigenvalue weighted by Gasteiger charge is -2.20. The molecule has 0 fully saturated rings. The molecule has 2 heterocycles. The SMILES string of the molecule is CCOC(=O)c1c(N)sc(C(=O)NC)c1CN(CC)Cc1cccs1. The van der Waals surface area contributed by atoms with Crippen molar-refractivity contribution in [2.75, 3.05) is 25.9 Å². The molecule has 0 saturated heterocycles. The molecule has 25 heavy (non-hydrogen) atoms. The van der Waals surface area contributed by atoms with Gasteiger partial charge < -0.3 is 15.8 Å². The highest BCUT2D eigenvalue weighted by Gasteiger charge is 2.27. The number of hydrogen-bond donors (Lipinski definition) is 2. The van der Waals surface area contributed by atoms with Crippen molar-refractivity contribution in [3.63, 3.8) is 0 Å². The van der Waals surface area contributed by atoms with Crippen molar-refractivity contribution < 1.29 is 14.3 Å². The molecule has 136 valence electrons. The number of rotatable bonds is 8. The second kappa shape index (κ2) is 8.98. The Bertz CT molecular complexity index is 726. The molecule has 2 aromatic heterocycles. The molecule has 0 aliphatic heterocycles. The summed E-state index contributed by atoms with van der Waals surface area (Å²) in [5.41, 5.74) is 6.99. The van der Waals surface area contributed by atoms with Gasteiger partial charge in [0.05, 0.1) is 17.0 Å². The van der Waals surface area contributed by atoms with Crippen LogP contribution in [0.1, 0.15) is 44.3 Å². The number of nitrogens with zero attached hydrogens (tertiary/aromatic N) is 1. The van der Waals surface area contributed by atoms with Crippen LogP contribution in [0.25, 0.3) is 0 Å². The van der Waals surface area contributed by atoms with Crippen LogP contribution in [0.5, 0.6) is 0 Å². The van der Waals surface area contributed by atoms with Crippen molar-refractivity contribution in [3.8, 4) is 0 Å².